The van der Waals surface area contributed by atoms with Crippen molar-refractivity contribution in [2.45, 2.75) is 110 Å². The molecule has 0 spiro atoms. The fraction of sp³-hybridized carbons (Fsp3) is 0.818. The van der Waals surface area contributed by atoms with Gasteiger partial charge in [-0.15, -0.1) is 0 Å². The van der Waals surface area contributed by atoms with Crippen molar-refractivity contribution >= 4 is 17.6 Å². The van der Waals surface area contributed by atoms with Gasteiger partial charge in [0.25, 0.3) is 0 Å². The minimum atomic E-state index is -0.239. The Morgan fingerprint density at radius 3 is 1.67 bits per heavy atom. The molecule has 0 aliphatic rings. The first-order valence-electron chi connectivity index (χ1n) is 11.2. The van der Waals surface area contributed by atoms with Crippen LogP contribution in [0.2, 0.25) is 0 Å². The van der Waals surface area contributed by atoms with Gasteiger partial charge in [-0.3, -0.25) is 14.8 Å². The monoisotopic (exact) mass is 396 g/mol. The van der Waals surface area contributed by atoms with E-state index in [9.17, 15) is 9.90 Å². The van der Waals surface area contributed by atoms with Crippen molar-refractivity contribution in [2.75, 3.05) is 6.54 Å². The van der Waals surface area contributed by atoms with E-state index in [1.165, 1.54) is 96.3 Å². The smallest absolute Gasteiger partial charge is 0.307 e. The summed E-state index contributed by atoms with van der Waals surface area (Å²) >= 11 is 0.993. The summed E-state index contributed by atoms with van der Waals surface area (Å²) in [5, 5.41) is 9.44. The highest BCUT2D eigenvalue weighted by Gasteiger charge is 2.02. The molecule has 156 valence electrons. The zero-order chi connectivity index (χ0) is 19.6. The van der Waals surface area contributed by atoms with Gasteiger partial charge in [-0.25, -0.2) is 0 Å². The maximum absolute atomic E-state index is 11.0. The third-order valence-electron chi connectivity index (χ3n) is 5.01. The second-order valence-electron chi connectivity index (χ2n) is 7.57. The molecule has 0 atom stereocenters. The largest absolute Gasteiger partial charge is 0.493 e. The molecule has 0 aromatic carbocycles. The van der Waals surface area contributed by atoms with E-state index in [0.29, 0.717) is 4.88 Å². The molecular weight excluding hydrogens is 356 g/mol. The van der Waals surface area contributed by atoms with Crippen molar-refractivity contribution in [1.82, 2.24) is 4.98 Å². The van der Waals surface area contributed by atoms with E-state index in [4.69, 9.17) is 0 Å². The van der Waals surface area contributed by atoms with Gasteiger partial charge in [0, 0.05) is 12.8 Å². The topological polar surface area (TPSA) is 65.5 Å². The van der Waals surface area contributed by atoms with Crippen molar-refractivity contribution < 1.29 is 5.11 Å². The molecule has 0 aliphatic carbocycles. The predicted molar refractivity (Wildman–Crippen MR) is 119 cm³/mol. The van der Waals surface area contributed by atoms with Gasteiger partial charge >= 0.3 is 4.87 Å². The summed E-state index contributed by atoms with van der Waals surface area (Å²) < 4.78 is 0. The molecule has 4 nitrogen and oxygen atoms in total. The van der Waals surface area contributed by atoms with Gasteiger partial charge < -0.3 is 5.11 Å². The minimum Gasteiger partial charge on any atom is -0.493 e. The van der Waals surface area contributed by atoms with Crippen LogP contribution in [0.4, 0.5) is 0 Å². The summed E-state index contributed by atoms with van der Waals surface area (Å²) in [6, 6.07) is 0. The normalized spacial score (nSPS) is 11.6. The van der Waals surface area contributed by atoms with Crippen LogP contribution in [0.1, 0.15) is 115 Å². The molecule has 1 heterocycles. The standard InChI is InChI=1S/C22H40N2O2S/c1-2-3-4-5-6-7-8-9-10-11-12-13-14-15-16-17-18-23-19-20-21(25)24-22(26)27-20/h19,25H,2-18H2,1H3,(H,24,26). The zero-order valence-electron chi connectivity index (χ0n) is 17.3. The number of hydrogen-bond acceptors (Lipinski definition) is 4. The summed E-state index contributed by atoms with van der Waals surface area (Å²) in [7, 11) is 0. The molecule has 0 aliphatic heterocycles. The molecule has 5 heteroatoms. The van der Waals surface area contributed by atoms with E-state index >= 15 is 0 Å². The number of unbranched alkanes of at least 4 members (excludes halogenated alkanes) is 15. The second-order valence-corrected chi connectivity index (χ2v) is 8.58. The number of hydrogen-bond donors (Lipinski definition) is 2. The number of nitrogens with one attached hydrogen (secondary N) is 1. The average Bonchev–Trinajstić information content (AvgIpc) is 2.98. The van der Waals surface area contributed by atoms with Crippen LogP contribution < -0.4 is 4.87 Å². The fourth-order valence-corrected chi connectivity index (χ4v) is 3.94. The van der Waals surface area contributed by atoms with Gasteiger partial charge in [0.05, 0.1) is 0 Å². The van der Waals surface area contributed by atoms with E-state index in [0.717, 1.165) is 24.3 Å². The molecule has 0 saturated carbocycles. The quantitative estimate of drug-likeness (QED) is 0.211. The lowest BCUT2D eigenvalue weighted by molar-refractivity contribution is 0.455. The van der Waals surface area contributed by atoms with Crippen molar-refractivity contribution in [2.24, 2.45) is 4.99 Å². The SMILES string of the molecule is CCCCCCCCCCCCCCCCCCN=Cc1sc(=O)[nH]c1O. The van der Waals surface area contributed by atoms with Crippen molar-refractivity contribution in [3.8, 4) is 5.88 Å². The Balaban J connectivity index is 1.78. The minimum absolute atomic E-state index is 0.0688. The van der Waals surface area contributed by atoms with Crippen LogP contribution in [0, 0.1) is 0 Å². The number of thiazole rings is 1. The number of nitrogens with zero attached hydrogens (tertiary/aromatic N) is 1. The molecule has 27 heavy (non-hydrogen) atoms. The third kappa shape index (κ3) is 13.7. The number of H-pyrrole nitrogens is 1. The molecule has 0 fully saturated rings. The van der Waals surface area contributed by atoms with Crippen LogP contribution in [0.3, 0.4) is 0 Å². The van der Waals surface area contributed by atoms with E-state index in [2.05, 4.69) is 16.9 Å². The van der Waals surface area contributed by atoms with Crippen LogP contribution in [-0.4, -0.2) is 22.8 Å². The van der Waals surface area contributed by atoms with Gasteiger partial charge in [0.2, 0.25) is 5.88 Å². The number of aromatic hydroxyl groups is 1. The van der Waals surface area contributed by atoms with Gasteiger partial charge in [-0.2, -0.15) is 0 Å². The highest BCUT2D eigenvalue weighted by atomic mass is 32.1. The van der Waals surface area contributed by atoms with Gasteiger partial charge in [-0.1, -0.05) is 115 Å². The predicted octanol–water partition coefficient (Wildman–Crippen LogP) is 6.82. The Hall–Kier alpha value is -1.10. The summed E-state index contributed by atoms with van der Waals surface area (Å²) in [6.45, 7) is 3.05. The number of rotatable bonds is 18. The fourth-order valence-electron chi connectivity index (χ4n) is 3.32. The van der Waals surface area contributed by atoms with Gasteiger partial charge in [-0.05, 0) is 6.42 Å². The van der Waals surface area contributed by atoms with Gasteiger partial charge in [0.15, 0.2) is 0 Å². The summed E-state index contributed by atoms with van der Waals surface area (Å²) in [6.07, 6.45) is 23.5. The van der Waals surface area contributed by atoms with Crippen LogP contribution in [0.15, 0.2) is 9.79 Å². The molecule has 1 aromatic heterocycles. The van der Waals surface area contributed by atoms with Gasteiger partial charge in [0.1, 0.15) is 4.88 Å². The van der Waals surface area contributed by atoms with Crippen LogP contribution in [0.25, 0.3) is 0 Å². The molecule has 0 radical (unpaired) electrons. The van der Waals surface area contributed by atoms with E-state index in [1.54, 1.807) is 6.21 Å². The zero-order valence-corrected chi connectivity index (χ0v) is 18.1. The molecule has 0 bridgehead atoms. The van der Waals surface area contributed by atoms with Crippen molar-refractivity contribution in [1.29, 1.82) is 0 Å². The summed E-state index contributed by atoms with van der Waals surface area (Å²) in [5.74, 6) is -0.0688. The van der Waals surface area contributed by atoms with E-state index in [1.807, 2.05) is 0 Å². The van der Waals surface area contributed by atoms with Crippen LogP contribution in [0.5, 0.6) is 5.88 Å². The number of aromatic amines is 1. The Morgan fingerprint density at radius 2 is 1.26 bits per heavy atom. The molecule has 0 amide bonds. The molecule has 2 N–H and O–H groups in total. The Kier molecular flexibility index (Phi) is 15.1. The molecule has 0 unspecified atom stereocenters. The maximum atomic E-state index is 11.0. The summed E-state index contributed by atoms with van der Waals surface area (Å²) in [4.78, 5) is 18.0. The number of aromatic nitrogens is 1. The van der Waals surface area contributed by atoms with Crippen molar-refractivity contribution in [3.05, 3.63) is 14.5 Å². The molecule has 1 rings (SSSR count). The second kappa shape index (κ2) is 17.0. The first-order chi connectivity index (χ1) is 13.2. The first-order valence-corrected chi connectivity index (χ1v) is 12.0. The molecule has 0 saturated heterocycles. The lowest BCUT2D eigenvalue weighted by Crippen LogP contribution is -1.89. The van der Waals surface area contributed by atoms with Crippen LogP contribution in [-0.2, 0) is 0 Å². The Bertz CT molecular complexity index is 537. The van der Waals surface area contributed by atoms with Crippen LogP contribution >= 0.6 is 11.3 Å². The Morgan fingerprint density at radius 1 is 0.815 bits per heavy atom. The average molecular weight is 397 g/mol. The van der Waals surface area contributed by atoms with E-state index < -0.39 is 0 Å². The third-order valence-corrected chi connectivity index (χ3v) is 5.81. The molecular formula is C22H40N2O2S. The maximum Gasteiger partial charge on any atom is 0.307 e. The number of aliphatic imine (C=N–C) groups is 1. The lowest BCUT2D eigenvalue weighted by Gasteiger charge is -2.03. The highest BCUT2D eigenvalue weighted by Crippen LogP contribution is 2.14. The lowest BCUT2D eigenvalue weighted by atomic mass is 10.0. The summed E-state index contributed by atoms with van der Waals surface area (Å²) in [5.41, 5.74) is 0. The first kappa shape index (κ1) is 23.9. The highest BCUT2D eigenvalue weighted by molar-refractivity contribution is 7.11. The van der Waals surface area contributed by atoms with Crippen molar-refractivity contribution in [3.63, 3.8) is 0 Å². The van der Waals surface area contributed by atoms with E-state index in [-0.39, 0.29) is 10.8 Å². The Labute approximate surface area is 169 Å². The molecule has 1 aromatic rings.